The molecule has 0 spiro atoms. The Kier molecular flexibility index (Phi) is 6.24. The lowest BCUT2D eigenvalue weighted by molar-refractivity contribution is 0.211. The van der Waals surface area contributed by atoms with Gasteiger partial charge in [-0.2, -0.15) is 0 Å². The molecule has 1 aromatic carbocycles. The smallest absolute Gasteiger partial charge is 0.321 e. The number of amides is 2. The van der Waals surface area contributed by atoms with Gasteiger partial charge < -0.3 is 20.7 Å². The average Bonchev–Trinajstić information content (AvgIpc) is 2.44. The Labute approximate surface area is 125 Å². The molecule has 0 saturated heterocycles. The highest BCUT2D eigenvalue weighted by Gasteiger charge is 2.17. The summed E-state index contributed by atoms with van der Waals surface area (Å²) in [5, 5.41) is 2.83. The molecule has 1 rings (SSSR count). The third-order valence-corrected chi connectivity index (χ3v) is 3.40. The molecule has 20 heavy (non-hydrogen) atoms. The van der Waals surface area contributed by atoms with E-state index < -0.39 is 0 Å². The van der Waals surface area contributed by atoms with Crippen molar-refractivity contribution in [3.05, 3.63) is 24.3 Å². The second-order valence-electron chi connectivity index (χ2n) is 4.47. The molecule has 0 fully saturated rings. The van der Waals surface area contributed by atoms with Gasteiger partial charge in [0.2, 0.25) is 0 Å². The molecule has 0 aliphatic rings. The normalized spacial score (nSPS) is 11.6. The summed E-state index contributed by atoms with van der Waals surface area (Å²) < 4.78 is 5.20. The Morgan fingerprint density at radius 3 is 2.70 bits per heavy atom. The molecule has 1 aromatic rings. The second kappa shape index (κ2) is 7.69. The van der Waals surface area contributed by atoms with Crippen LogP contribution in [0, 0.1) is 5.92 Å². The van der Waals surface area contributed by atoms with Crippen LogP contribution in [0.1, 0.15) is 13.8 Å². The van der Waals surface area contributed by atoms with E-state index in [-0.39, 0.29) is 11.9 Å². The van der Waals surface area contributed by atoms with E-state index in [0.717, 1.165) is 0 Å². The van der Waals surface area contributed by atoms with Crippen molar-refractivity contribution in [1.29, 1.82) is 0 Å². The van der Waals surface area contributed by atoms with Gasteiger partial charge in [-0.15, -0.1) is 0 Å². The monoisotopic (exact) mass is 295 g/mol. The number of ether oxygens (including phenoxy) is 1. The molecule has 5 nitrogen and oxygen atoms in total. The summed E-state index contributed by atoms with van der Waals surface area (Å²) in [6, 6.07) is 7.08. The Hall–Kier alpha value is -1.82. The standard InChI is InChI=1S/C14H21N3O2S/c1-4-17(9-10(2)13(15)20)14(18)16-11-7-5-6-8-12(11)19-3/h5-8,10H,4,9H2,1-3H3,(H2,15,20)(H,16,18). The van der Waals surface area contributed by atoms with Crippen LogP contribution in [0.4, 0.5) is 10.5 Å². The number of nitrogens with two attached hydrogens (primary N) is 1. The van der Waals surface area contributed by atoms with E-state index in [2.05, 4.69) is 5.32 Å². The molecular weight excluding hydrogens is 274 g/mol. The lowest BCUT2D eigenvalue weighted by atomic mass is 10.1. The van der Waals surface area contributed by atoms with E-state index in [1.54, 1.807) is 24.1 Å². The summed E-state index contributed by atoms with van der Waals surface area (Å²) in [5.41, 5.74) is 6.23. The summed E-state index contributed by atoms with van der Waals surface area (Å²) in [7, 11) is 1.57. The number of carbonyl (C=O) groups is 1. The molecule has 0 aromatic heterocycles. The fraction of sp³-hybridized carbons (Fsp3) is 0.429. The maximum atomic E-state index is 12.2. The zero-order valence-corrected chi connectivity index (χ0v) is 12.9. The van der Waals surface area contributed by atoms with E-state index in [4.69, 9.17) is 22.7 Å². The van der Waals surface area contributed by atoms with Crippen molar-refractivity contribution in [2.75, 3.05) is 25.5 Å². The Bertz CT molecular complexity index is 479. The maximum absolute atomic E-state index is 12.2. The molecule has 6 heteroatoms. The van der Waals surface area contributed by atoms with E-state index in [1.165, 1.54) is 0 Å². The quantitative estimate of drug-likeness (QED) is 0.791. The molecule has 110 valence electrons. The van der Waals surface area contributed by atoms with Gasteiger partial charge in [0.05, 0.1) is 17.8 Å². The first-order valence-corrected chi connectivity index (χ1v) is 6.88. The molecule has 0 aliphatic heterocycles. The van der Waals surface area contributed by atoms with Crippen molar-refractivity contribution in [3.8, 4) is 5.75 Å². The molecule has 0 bridgehead atoms. The molecule has 0 saturated carbocycles. The molecular formula is C14H21N3O2S. The van der Waals surface area contributed by atoms with Gasteiger partial charge in [-0.25, -0.2) is 4.79 Å². The number of thiocarbonyl (C=S) groups is 1. The molecule has 0 heterocycles. The third kappa shape index (κ3) is 4.38. The van der Waals surface area contributed by atoms with Crippen LogP contribution in [0.2, 0.25) is 0 Å². The minimum Gasteiger partial charge on any atom is -0.495 e. The Balaban J connectivity index is 2.74. The Morgan fingerprint density at radius 1 is 1.50 bits per heavy atom. The minimum atomic E-state index is -0.194. The van der Waals surface area contributed by atoms with Gasteiger partial charge in [0, 0.05) is 19.0 Å². The summed E-state index contributed by atoms with van der Waals surface area (Å²) >= 11 is 4.94. The van der Waals surface area contributed by atoms with Crippen molar-refractivity contribution in [3.63, 3.8) is 0 Å². The molecule has 2 amide bonds. The van der Waals surface area contributed by atoms with Gasteiger partial charge in [-0.05, 0) is 19.1 Å². The van der Waals surface area contributed by atoms with Crippen molar-refractivity contribution < 1.29 is 9.53 Å². The third-order valence-electron chi connectivity index (χ3n) is 3.00. The number of benzene rings is 1. The van der Waals surface area contributed by atoms with E-state index in [1.807, 2.05) is 26.0 Å². The second-order valence-corrected chi connectivity index (χ2v) is 4.94. The predicted molar refractivity (Wildman–Crippen MR) is 85.2 cm³/mol. The Morgan fingerprint density at radius 2 is 2.15 bits per heavy atom. The molecule has 1 unspecified atom stereocenters. The van der Waals surface area contributed by atoms with Crippen LogP contribution >= 0.6 is 12.2 Å². The summed E-state index contributed by atoms with van der Waals surface area (Å²) in [4.78, 5) is 14.3. The fourth-order valence-corrected chi connectivity index (χ4v) is 1.79. The SMILES string of the molecule is CCN(CC(C)C(N)=S)C(=O)Nc1ccccc1OC. The highest BCUT2D eigenvalue weighted by atomic mass is 32.1. The number of hydrogen-bond acceptors (Lipinski definition) is 3. The number of rotatable bonds is 6. The number of methoxy groups -OCH3 is 1. The zero-order chi connectivity index (χ0) is 15.1. The van der Waals surface area contributed by atoms with Crippen LogP contribution in [0.25, 0.3) is 0 Å². The van der Waals surface area contributed by atoms with Gasteiger partial charge in [0.15, 0.2) is 0 Å². The molecule has 1 atom stereocenters. The van der Waals surface area contributed by atoms with Crippen molar-refractivity contribution >= 4 is 28.9 Å². The number of carbonyl (C=O) groups excluding carboxylic acids is 1. The first-order valence-electron chi connectivity index (χ1n) is 6.47. The summed E-state index contributed by atoms with van der Waals surface area (Å²) in [6.45, 7) is 4.89. The summed E-state index contributed by atoms with van der Waals surface area (Å²) in [6.07, 6.45) is 0. The largest absolute Gasteiger partial charge is 0.495 e. The van der Waals surface area contributed by atoms with E-state index in [0.29, 0.717) is 29.5 Å². The number of urea groups is 1. The molecule has 3 N–H and O–H groups in total. The zero-order valence-electron chi connectivity index (χ0n) is 12.1. The van der Waals surface area contributed by atoms with E-state index >= 15 is 0 Å². The van der Waals surface area contributed by atoms with Crippen molar-refractivity contribution in [1.82, 2.24) is 4.90 Å². The number of hydrogen-bond donors (Lipinski definition) is 2. The minimum absolute atomic E-state index is 0.0200. The lowest BCUT2D eigenvalue weighted by Gasteiger charge is -2.24. The maximum Gasteiger partial charge on any atom is 0.321 e. The first-order chi connectivity index (χ1) is 9.49. The van der Waals surface area contributed by atoms with Crippen molar-refractivity contribution in [2.24, 2.45) is 11.7 Å². The van der Waals surface area contributed by atoms with Gasteiger partial charge in [-0.3, -0.25) is 0 Å². The number of para-hydroxylation sites is 2. The van der Waals surface area contributed by atoms with Crippen LogP contribution in [0.5, 0.6) is 5.75 Å². The van der Waals surface area contributed by atoms with Crippen molar-refractivity contribution in [2.45, 2.75) is 13.8 Å². The number of anilines is 1. The highest BCUT2D eigenvalue weighted by molar-refractivity contribution is 7.80. The van der Waals surface area contributed by atoms with Crippen LogP contribution in [0.15, 0.2) is 24.3 Å². The van der Waals surface area contributed by atoms with E-state index in [9.17, 15) is 4.79 Å². The van der Waals surface area contributed by atoms with Crippen LogP contribution in [-0.4, -0.2) is 36.1 Å². The lowest BCUT2D eigenvalue weighted by Crippen LogP contribution is -2.40. The van der Waals surface area contributed by atoms with Gasteiger partial charge >= 0.3 is 6.03 Å². The number of nitrogens with zero attached hydrogens (tertiary/aromatic N) is 1. The fourth-order valence-electron chi connectivity index (χ4n) is 1.72. The van der Waals surface area contributed by atoms with Gasteiger partial charge in [-0.1, -0.05) is 31.3 Å². The first kappa shape index (κ1) is 16.2. The molecule has 0 aliphatic carbocycles. The average molecular weight is 295 g/mol. The topological polar surface area (TPSA) is 67.6 Å². The van der Waals surface area contributed by atoms with Crippen LogP contribution in [0.3, 0.4) is 0 Å². The van der Waals surface area contributed by atoms with Gasteiger partial charge in [0.1, 0.15) is 5.75 Å². The molecule has 0 radical (unpaired) electrons. The summed E-state index contributed by atoms with van der Waals surface area (Å²) in [5.74, 6) is 0.604. The highest BCUT2D eigenvalue weighted by Crippen LogP contribution is 2.23. The van der Waals surface area contributed by atoms with Crippen LogP contribution < -0.4 is 15.8 Å². The number of nitrogens with one attached hydrogen (secondary N) is 1. The van der Waals surface area contributed by atoms with Crippen LogP contribution in [-0.2, 0) is 0 Å². The predicted octanol–water partition coefficient (Wildman–Crippen LogP) is 2.47. The van der Waals surface area contributed by atoms with Gasteiger partial charge in [0.25, 0.3) is 0 Å².